The van der Waals surface area contributed by atoms with Crippen LogP contribution in [0.1, 0.15) is 12.0 Å². The van der Waals surface area contributed by atoms with Crippen LogP contribution in [0, 0.1) is 12.3 Å². The molecule has 0 aliphatic rings. The Morgan fingerprint density at radius 1 is 1.35 bits per heavy atom. The summed E-state index contributed by atoms with van der Waals surface area (Å²) in [5.41, 5.74) is 1.03. The highest BCUT2D eigenvalue weighted by atomic mass is 35.5. The predicted molar refractivity (Wildman–Crippen MR) is 81.2 cm³/mol. The van der Waals surface area contributed by atoms with Crippen molar-refractivity contribution in [3.8, 4) is 18.1 Å². The van der Waals surface area contributed by atoms with Gasteiger partial charge in [0.1, 0.15) is 11.8 Å². The number of halogens is 1. The number of terminal acetylenes is 1. The molecule has 0 saturated heterocycles. The van der Waals surface area contributed by atoms with Gasteiger partial charge < -0.3 is 14.8 Å². The van der Waals surface area contributed by atoms with Crippen molar-refractivity contribution in [3.05, 3.63) is 29.8 Å². The van der Waals surface area contributed by atoms with Crippen molar-refractivity contribution in [2.24, 2.45) is 0 Å². The second kappa shape index (κ2) is 10.1. The summed E-state index contributed by atoms with van der Waals surface area (Å²) in [6.45, 7) is 0.590. The van der Waals surface area contributed by atoms with Gasteiger partial charge in [0.05, 0.1) is 14.2 Å². The Kier molecular flexibility index (Phi) is 9.27. The Morgan fingerprint density at radius 3 is 2.50 bits per heavy atom. The zero-order chi connectivity index (χ0) is 14.1. The fourth-order valence-electron chi connectivity index (χ4n) is 1.70. The Hall–Kier alpha value is -1.70. The third kappa shape index (κ3) is 5.96. The average Bonchev–Trinajstić information content (AvgIpc) is 2.46. The van der Waals surface area contributed by atoms with Crippen molar-refractivity contribution in [1.82, 2.24) is 5.32 Å². The molecule has 0 heterocycles. The molecule has 0 aliphatic carbocycles. The standard InChI is InChI=1S/C15H19NO3.ClH/c1-4-5-10-16-14(15(17)19-3)11-12-6-8-13(18-2)9-7-12;/h1,6-9,14,16H,5,10-11H2,2-3H3;1H/t14-;/m1./s1. The maximum atomic E-state index is 11.7. The second-order valence-corrected chi connectivity index (χ2v) is 4.04. The van der Waals surface area contributed by atoms with Crippen LogP contribution in [0.4, 0.5) is 0 Å². The van der Waals surface area contributed by atoms with Crippen LogP contribution < -0.4 is 10.1 Å². The molecule has 1 atom stereocenters. The minimum atomic E-state index is -0.383. The molecular formula is C15H20ClNO3. The van der Waals surface area contributed by atoms with Crippen molar-refractivity contribution in [2.45, 2.75) is 18.9 Å². The number of carbonyl (C=O) groups is 1. The first kappa shape index (κ1) is 18.3. The van der Waals surface area contributed by atoms with E-state index in [0.29, 0.717) is 19.4 Å². The van der Waals surface area contributed by atoms with Gasteiger partial charge in [0.2, 0.25) is 0 Å². The maximum absolute atomic E-state index is 11.7. The maximum Gasteiger partial charge on any atom is 0.323 e. The van der Waals surface area contributed by atoms with Crippen molar-refractivity contribution in [3.63, 3.8) is 0 Å². The fourth-order valence-corrected chi connectivity index (χ4v) is 1.70. The third-order valence-electron chi connectivity index (χ3n) is 2.74. The highest BCUT2D eigenvalue weighted by Gasteiger charge is 2.18. The molecule has 0 saturated carbocycles. The number of methoxy groups -OCH3 is 2. The second-order valence-electron chi connectivity index (χ2n) is 4.04. The largest absolute Gasteiger partial charge is 0.497 e. The lowest BCUT2D eigenvalue weighted by molar-refractivity contribution is -0.143. The van der Waals surface area contributed by atoms with E-state index in [1.807, 2.05) is 24.3 Å². The first-order chi connectivity index (χ1) is 9.21. The molecule has 5 heteroatoms. The molecule has 0 amide bonds. The van der Waals surface area contributed by atoms with Gasteiger partial charge in [-0.05, 0) is 24.1 Å². The molecule has 4 nitrogen and oxygen atoms in total. The zero-order valence-electron chi connectivity index (χ0n) is 11.7. The molecule has 1 rings (SSSR count). The number of carbonyl (C=O) groups excluding carboxylic acids is 1. The SMILES string of the molecule is C#CCCN[C@H](Cc1ccc(OC)cc1)C(=O)OC.Cl. The van der Waals surface area contributed by atoms with E-state index in [4.69, 9.17) is 15.9 Å². The number of rotatable bonds is 7. The lowest BCUT2D eigenvalue weighted by Gasteiger charge is -2.16. The van der Waals surface area contributed by atoms with Crippen LogP contribution in [0.15, 0.2) is 24.3 Å². The van der Waals surface area contributed by atoms with Crippen LogP contribution in [0.5, 0.6) is 5.75 Å². The van der Waals surface area contributed by atoms with Crippen molar-refractivity contribution in [2.75, 3.05) is 20.8 Å². The van der Waals surface area contributed by atoms with Gasteiger partial charge in [-0.1, -0.05) is 12.1 Å². The molecule has 0 aromatic heterocycles. The van der Waals surface area contributed by atoms with E-state index in [-0.39, 0.29) is 24.4 Å². The summed E-state index contributed by atoms with van der Waals surface area (Å²) in [6.07, 6.45) is 6.32. The lowest BCUT2D eigenvalue weighted by atomic mass is 10.1. The lowest BCUT2D eigenvalue weighted by Crippen LogP contribution is -2.39. The molecule has 1 aromatic carbocycles. The summed E-state index contributed by atoms with van der Waals surface area (Å²) in [7, 11) is 3.00. The number of ether oxygens (including phenoxy) is 2. The van der Waals surface area contributed by atoms with E-state index in [9.17, 15) is 4.79 Å². The summed E-state index contributed by atoms with van der Waals surface area (Å²) in [5, 5.41) is 3.10. The van der Waals surface area contributed by atoms with Gasteiger partial charge in [-0.2, -0.15) is 0 Å². The normalized spacial score (nSPS) is 10.8. The molecule has 0 fully saturated rings. The van der Waals surface area contributed by atoms with Crippen molar-refractivity contribution < 1.29 is 14.3 Å². The van der Waals surface area contributed by atoms with Gasteiger partial charge in [-0.25, -0.2) is 0 Å². The number of benzene rings is 1. The van der Waals surface area contributed by atoms with Crippen LogP contribution in [-0.2, 0) is 16.0 Å². The summed E-state index contributed by atoms with van der Waals surface area (Å²) < 4.78 is 9.88. The molecule has 1 aromatic rings. The highest BCUT2D eigenvalue weighted by molar-refractivity contribution is 5.85. The highest BCUT2D eigenvalue weighted by Crippen LogP contribution is 2.13. The van der Waals surface area contributed by atoms with Crippen LogP contribution in [0.25, 0.3) is 0 Å². The van der Waals surface area contributed by atoms with Gasteiger partial charge in [0.15, 0.2) is 0 Å². The summed E-state index contributed by atoms with van der Waals surface area (Å²) in [5.74, 6) is 3.03. The Balaban J connectivity index is 0.00000361. The minimum absolute atomic E-state index is 0. The zero-order valence-corrected chi connectivity index (χ0v) is 12.5. The molecule has 1 N–H and O–H groups in total. The van der Waals surface area contributed by atoms with E-state index in [2.05, 4.69) is 11.2 Å². The van der Waals surface area contributed by atoms with Crippen LogP contribution in [0.3, 0.4) is 0 Å². The van der Waals surface area contributed by atoms with E-state index in [1.54, 1.807) is 7.11 Å². The van der Waals surface area contributed by atoms with Crippen LogP contribution in [-0.4, -0.2) is 32.8 Å². The van der Waals surface area contributed by atoms with Gasteiger partial charge in [0.25, 0.3) is 0 Å². The monoisotopic (exact) mass is 297 g/mol. The van der Waals surface area contributed by atoms with Crippen molar-refractivity contribution >= 4 is 18.4 Å². The molecule has 0 unspecified atom stereocenters. The van der Waals surface area contributed by atoms with Crippen molar-refractivity contribution in [1.29, 1.82) is 0 Å². The summed E-state index contributed by atoms with van der Waals surface area (Å²) in [6, 6.07) is 7.21. The van der Waals surface area contributed by atoms with Crippen LogP contribution >= 0.6 is 12.4 Å². The van der Waals surface area contributed by atoms with E-state index < -0.39 is 0 Å². The van der Waals surface area contributed by atoms with Gasteiger partial charge in [-0.3, -0.25) is 4.79 Å². The first-order valence-corrected chi connectivity index (χ1v) is 6.09. The number of hydrogen-bond acceptors (Lipinski definition) is 4. The Morgan fingerprint density at radius 2 is 2.00 bits per heavy atom. The summed E-state index contributed by atoms with van der Waals surface area (Å²) >= 11 is 0. The molecular weight excluding hydrogens is 278 g/mol. The number of nitrogens with one attached hydrogen (secondary N) is 1. The minimum Gasteiger partial charge on any atom is -0.497 e. The Bertz CT molecular complexity index is 439. The quantitative estimate of drug-likeness (QED) is 0.474. The molecule has 20 heavy (non-hydrogen) atoms. The van der Waals surface area contributed by atoms with E-state index >= 15 is 0 Å². The first-order valence-electron chi connectivity index (χ1n) is 6.09. The third-order valence-corrected chi connectivity index (χ3v) is 2.74. The molecule has 0 spiro atoms. The van der Waals surface area contributed by atoms with Gasteiger partial charge in [0, 0.05) is 13.0 Å². The molecule has 110 valence electrons. The van der Waals surface area contributed by atoms with Gasteiger partial charge in [-0.15, -0.1) is 24.8 Å². The average molecular weight is 298 g/mol. The van der Waals surface area contributed by atoms with Gasteiger partial charge >= 0.3 is 5.97 Å². The number of hydrogen-bond donors (Lipinski definition) is 1. The van der Waals surface area contributed by atoms with Crippen LogP contribution in [0.2, 0.25) is 0 Å². The Labute approximate surface area is 126 Å². The topological polar surface area (TPSA) is 47.6 Å². The molecule has 0 radical (unpaired) electrons. The molecule has 0 aliphatic heterocycles. The van der Waals surface area contributed by atoms with E-state index in [0.717, 1.165) is 11.3 Å². The summed E-state index contributed by atoms with van der Waals surface area (Å²) in [4.78, 5) is 11.7. The number of esters is 1. The molecule has 0 bridgehead atoms. The fraction of sp³-hybridized carbons (Fsp3) is 0.400. The predicted octanol–water partition coefficient (Wildman–Crippen LogP) is 1.81. The van der Waals surface area contributed by atoms with E-state index in [1.165, 1.54) is 7.11 Å². The smallest absolute Gasteiger partial charge is 0.323 e.